The lowest BCUT2D eigenvalue weighted by atomic mass is 10.2. The maximum absolute atomic E-state index is 11.8. The van der Waals surface area contributed by atoms with E-state index in [0.717, 1.165) is 11.4 Å². The van der Waals surface area contributed by atoms with Gasteiger partial charge in [0.1, 0.15) is 16.8 Å². The van der Waals surface area contributed by atoms with Crippen LogP contribution in [0.25, 0.3) is 0 Å². The molecule has 5 nitrogen and oxygen atoms in total. The minimum absolute atomic E-state index is 0.266. The summed E-state index contributed by atoms with van der Waals surface area (Å²) in [6.07, 6.45) is 4.16. The van der Waals surface area contributed by atoms with Crippen LogP contribution in [-0.2, 0) is 13.0 Å². The molecule has 0 unspecified atom stereocenters. The Kier molecular flexibility index (Phi) is 4.21. The number of carbonyl (C=O) groups is 1. The molecule has 0 saturated carbocycles. The number of carbonyl (C=O) groups excluding carboxylic acids is 1. The average Bonchev–Trinajstić information content (AvgIpc) is 2.93. The molecule has 0 aliphatic heterocycles. The van der Waals surface area contributed by atoms with Crippen molar-refractivity contribution in [2.75, 3.05) is 0 Å². The van der Waals surface area contributed by atoms with E-state index in [-0.39, 0.29) is 5.91 Å². The quantitative estimate of drug-likeness (QED) is 0.922. The molecule has 0 atom stereocenters. The minimum Gasteiger partial charge on any atom is -0.344 e. The number of amides is 1. The van der Waals surface area contributed by atoms with Crippen LogP contribution in [-0.4, -0.2) is 15.9 Å². The van der Waals surface area contributed by atoms with Gasteiger partial charge in [0.25, 0.3) is 5.91 Å². The van der Waals surface area contributed by atoms with E-state index in [0.29, 0.717) is 17.8 Å². The first-order valence-electron chi connectivity index (χ1n) is 5.81. The molecule has 0 aromatic carbocycles. The molecule has 0 aliphatic rings. The van der Waals surface area contributed by atoms with Crippen molar-refractivity contribution in [3.8, 4) is 6.07 Å². The number of thiazole rings is 1. The standard InChI is InChI=1S/C13H12N4OS/c1-2-10-7-16-12(19-10)8-17-13(18)11-4-3-9(5-14)6-15-11/h3-4,6-7H,2,8H2,1H3,(H,17,18). The zero-order chi connectivity index (χ0) is 13.7. The van der Waals surface area contributed by atoms with Gasteiger partial charge in [-0.15, -0.1) is 11.3 Å². The molecule has 0 saturated heterocycles. The average molecular weight is 272 g/mol. The third-order valence-electron chi connectivity index (χ3n) is 2.48. The first-order chi connectivity index (χ1) is 9.22. The van der Waals surface area contributed by atoms with Gasteiger partial charge in [-0.2, -0.15) is 5.26 Å². The van der Waals surface area contributed by atoms with E-state index in [2.05, 4.69) is 22.2 Å². The van der Waals surface area contributed by atoms with E-state index in [9.17, 15) is 4.79 Å². The van der Waals surface area contributed by atoms with Gasteiger partial charge in [0.15, 0.2) is 0 Å². The second-order valence-electron chi connectivity index (χ2n) is 3.80. The molecule has 6 heteroatoms. The van der Waals surface area contributed by atoms with Crippen LogP contribution in [0.2, 0.25) is 0 Å². The molecule has 0 bridgehead atoms. The molecule has 1 amide bonds. The zero-order valence-electron chi connectivity index (χ0n) is 10.4. The SMILES string of the molecule is CCc1cnc(CNC(=O)c2ccc(C#N)cn2)s1. The number of aryl methyl sites for hydroxylation is 1. The maximum Gasteiger partial charge on any atom is 0.270 e. The highest BCUT2D eigenvalue weighted by Gasteiger charge is 2.08. The van der Waals surface area contributed by atoms with Crippen LogP contribution in [0.5, 0.6) is 0 Å². The highest BCUT2D eigenvalue weighted by molar-refractivity contribution is 7.11. The number of hydrogen-bond acceptors (Lipinski definition) is 5. The fourth-order valence-electron chi connectivity index (χ4n) is 1.43. The van der Waals surface area contributed by atoms with Gasteiger partial charge in [-0.05, 0) is 18.6 Å². The largest absolute Gasteiger partial charge is 0.344 e. The van der Waals surface area contributed by atoms with Crippen LogP contribution in [0.4, 0.5) is 0 Å². The first kappa shape index (κ1) is 13.2. The lowest BCUT2D eigenvalue weighted by Crippen LogP contribution is -2.23. The molecule has 0 radical (unpaired) electrons. The van der Waals surface area contributed by atoms with Crippen LogP contribution in [0.1, 0.15) is 32.9 Å². The minimum atomic E-state index is -0.266. The molecule has 2 heterocycles. The zero-order valence-corrected chi connectivity index (χ0v) is 11.2. The number of aromatic nitrogens is 2. The highest BCUT2D eigenvalue weighted by Crippen LogP contribution is 2.13. The van der Waals surface area contributed by atoms with Gasteiger partial charge in [0.05, 0.1) is 12.1 Å². The number of nitrogens with one attached hydrogen (secondary N) is 1. The summed E-state index contributed by atoms with van der Waals surface area (Å²) in [5.41, 5.74) is 0.732. The van der Waals surface area contributed by atoms with Crippen molar-refractivity contribution in [1.82, 2.24) is 15.3 Å². The topological polar surface area (TPSA) is 78.7 Å². The molecule has 0 fully saturated rings. The first-order valence-corrected chi connectivity index (χ1v) is 6.62. The second kappa shape index (κ2) is 6.07. The van der Waals surface area contributed by atoms with Gasteiger partial charge in [0.2, 0.25) is 0 Å². The molecule has 1 N–H and O–H groups in total. The Morgan fingerprint density at radius 3 is 2.84 bits per heavy atom. The fraction of sp³-hybridized carbons (Fsp3) is 0.231. The third-order valence-corrected chi connectivity index (χ3v) is 3.62. The van der Waals surface area contributed by atoms with Gasteiger partial charge in [0, 0.05) is 17.3 Å². The summed E-state index contributed by atoms with van der Waals surface area (Å²) in [4.78, 5) is 21.2. The molecule has 19 heavy (non-hydrogen) atoms. The normalized spacial score (nSPS) is 9.89. The Morgan fingerprint density at radius 1 is 1.42 bits per heavy atom. The second-order valence-corrected chi connectivity index (χ2v) is 5.00. The van der Waals surface area contributed by atoms with Crippen molar-refractivity contribution >= 4 is 17.2 Å². The molecule has 2 aromatic rings. The lowest BCUT2D eigenvalue weighted by Gasteiger charge is -2.02. The molecule has 0 spiro atoms. The molecular formula is C13H12N4OS. The van der Waals surface area contributed by atoms with Gasteiger partial charge in [-0.25, -0.2) is 9.97 Å². The van der Waals surface area contributed by atoms with Crippen LogP contribution in [0.3, 0.4) is 0 Å². The van der Waals surface area contributed by atoms with Crippen LogP contribution < -0.4 is 5.32 Å². The summed E-state index contributed by atoms with van der Waals surface area (Å²) in [5, 5.41) is 12.3. The van der Waals surface area contributed by atoms with E-state index in [4.69, 9.17) is 5.26 Å². The van der Waals surface area contributed by atoms with Gasteiger partial charge < -0.3 is 5.32 Å². The van der Waals surface area contributed by atoms with E-state index in [1.165, 1.54) is 17.1 Å². The molecule has 2 aromatic heterocycles. The fourth-order valence-corrected chi connectivity index (χ4v) is 2.24. The Hall–Kier alpha value is -2.26. The predicted octanol–water partition coefficient (Wildman–Crippen LogP) is 1.90. The number of rotatable bonds is 4. The van der Waals surface area contributed by atoms with Crippen molar-refractivity contribution < 1.29 is 4.79 Å². The summed E-state index contributed by atoms with van der Waals surface area (Å²) in [6.45, 7) is 2.46. The summed E-state index contributed by atoms with van der Waals surface area (Å²) in [5.74, 6) is -0.266. The Morgan fingerprint density at radius 2 is 2.26 bits per heavy atom. The molecule has 0 aliphatic carbocycles. The van der Waals surface area contributed by atoms with E-state index in [1.807, 2.05) is 12.3 Å². The molecule has 2 rings (SSSR count). The van der Waals surface area contributed by atoms with Crippen LogP contribution in [0, 0.1) is 11.3 Å². The van der Waals surface area contributed by atoms with E-state index in [1.54, 1.807) is 17.4 Å². The Bertz CT molecular complexity index is 612. The lowest BCUT2D eigenvalue weighted by molar-refractivity contribution is 0.0946. The summed E-state index contributed by atoms with van der Waals surface area (Å²) in [6, 6.07) is 5.06. The van der Waals surface area contributed by atoms with Crippen molar-refractivity contribution in [3.63, 3.8) is 0 Å². The van der Waals surface area contributed by atoms with Crippen molar-refractivity contribution in [1.29, 1.82) is 5.26 Å². The smallest absolute Gasteiger partial charge is 0.270 e. The summed E-state index contributed by atoms with van der Waals surface area (Å²) < 4.78 is 0. The molecule has 96 valence electrons. The van der Waals surface area contributed by atoms with Gasteiger partial charge in [-0.1, -0.05) is 6.92 Å². The molecular weight excluding hydrogens is 260 g/mol. The maximum atomic E-state index is 11.8. The van der Waals surface area contributed by atoms with Gasteiger partial charge >= 0.3 is 0 Å². The van der Waals surface area contributed by atoms with Crippen molar-refractivity contribution in [2.24, 2.45) is 0 Å². The highest BCUT2D eigenvalue weighted by atomic mass is 32.1. The number of hydrogen-bond donors (Lipinski definition) is 1. The Labute approximate surface area is 114 Å². The number of nitrogens with zero attached hydrogens (tertiary/aromatic N) is 3. The van der Waals surface area contributed by atoms with Crippen LogP contribution in [0.15, 0.2) is 24.5 Å². The number of nitriles is 1. The van der Waals surface area contributed by atoms with Crippen molar-refractivity contribution in [3.05, 3.63) is 45.7 Å². The summed E-state index contributed by atoms with van der Waals surface area (Å²) >= 11 is 1.59. The third kappa shape index (κ3) is 3.36. The number of pyridine rings is 1. The Balaban J connectivity index is 1.95. The van der Waals surface area contributed by atoms with Crippen LogP contribution >= 0.6 is 11.3 Å². The van der Waals surface area contributed by atoms with E-state index >= 15 is 0 Å². The predicted molar refractivity (Wildman–Crippen MR) is 71.6 cm³/mol. The summed E-state index contributed by atoms with van der Waals surface area (Å²) in [7, 11) is 0. The van der Waals surface area contributed by atoms with Gasteiger partial charge in [-0.3, -0.25) is 4.79 Å². The van der Waals surface area contributed by atoms with Crippen molar-refractivity contribution in [2.45, 2.75) is 19.9 Å². The monoisotopic (exact) mass is 272 g/mol. The van der Waals surface area contributed by atoms with E-state index < -0.39 is 0 Å².